The van der Waals surface area contributed by atoms with E-state index in [0.29, 0.717) is 45.4 Å². The number of nitrogens with one attached hydrogen (secondary N) is 1. The lowest BCUT2D eigenvalue weighted by Gasteiger charge is -2.35. The molecule has 0 bridgehead atoms. The zero-order chi connectivity index (χ0) is 23.8. The molecule has 1 N–H and O–H groups in total. The highest BCUT2D eigenvalue weighted by atomic mass is 19.1. The largest absolute Gasteiger partial charge is 0.487 e. The minimum absolute atomic E-state index is 0.0252. The normalized spacial score (nSPS) is 16.5. The first kappa shape index (κ1) is 22.2. The standard InChI is InChI=1S/C24H26F2N6O2/c1-14-18(12-27-30-14)23-24(29-20-7-10-32(15(2)33)13-21(20)28-23)31-8-5-17(6-9-31)34-22-4-3-16(25)11-19(22)26/h3-4,11-12,17H,5-10,13H2,1-2H3,(H,27,30). The van der Waals surface area contributed by atoms with Crippen LogP contribution in [-0.4, -0.2) is 56.7 Å². The summed E-state index contributed by atoms with van der Waals surface area (Å²) in [5.41, 5.74) is 4.21. The van der Waals surface area contributed by atoms with Gasteiger partial charge in [0.05, 0.1) is 24.1 Å². The molecule has 0 aliphatic carbocycles. The predicted molar refractivity (Wildman–Crippen MR) is 121 cm³/mol. The van der Waals surface area contributed by atoms with Crippen LogP contribution in [0.4, 0.5) is 14.6 Å². The second-order valence-corrected chi connectivity index (χ2v) is 8.77. The molecular weight excluding hydrogens is 442 g/mol. The number of nitrogens with zero attached hydrogens (tertiary/aromatic N) is 5. The number of aryl methyl sites for hydroxylation is 1. The Morgan fingerprint density at radius 1 is 1.15 bits per heavy atom. The molecular formula is C24H26F2N6O2. The van der Waals surface area contributed by atoms with E-state index in [0.717, 1.165) is 40.2 Å². The quantitative estimate of drug-likeness (QED) is 0.632. The van der Waals surface area contributed by atoms with E-state index in [4.69, 9.17) is 14.7 Å². The lowest BCUT2D eigenvalue weighted by atomic mass is 10.0. The number of anilines is 1. The van der Waals surface area contributed by atoms with Crippen molar-refractivity contribution in [3.63, 3.8) is 0 Å². The van der Waals surface area contributed by atoms with Gasteiger partial charge in [-0.3, -0.25) is 9.89 Å². The molecule has 1 amide bonds. The second-order valence-electron chi connectivity index (χ2n) is 8.77. The smallest absolute Gasteiger partial charge is 0.219 e. The molecule has 1 fully saturated rings. The van der Waals surface area contributed by atoms with Crippen LogP contribution in [0.15, 0.2) is 24.4 Å². The topological polar surface area (TPSA) is 87.2 Å². The zero-order valence-electron chi connectivity index (χ0n) is 19.1. The summed E-state index contributed by atoms with van der Waals surface area (Å²) < 4.78 is 33.0. The average molecular weight is 469 g/mol. The van der Waals surface area contributed by atoms with E-state index in [9.17, 15) is 13.6 Å². The predicted octanol–water partition coefficient (Wildman–Crippen LogP) is 3.41. The lowest BCUT2D eigenvalue weighted by Crippen LogP contribution is -2.40. The number of aromatic amines is 1. The van der Waals surface area contributed by atoms with E-state index in [1.54, 1.807) is 18.0 Å². The fraction of sp³-hybridized carbons (Fsp3) is 0.417. The fourth-order valence-electron chi connectivity index (χ4n) is 4.52. The Morgan fingerprint density at radius 2 is 1.94 bits per heavy atom. The maximum absolute atomic E-state index is 14.0. The molecule has 178 valence electrons. The van der Waals surface area contributed by atoms with Crippen LogP contribution in [0, 0.1) is 18.6 Å². The third-order valence-electron chi connectivity index (χ3n) is 6.45. The molecule has 0 atom stereocenters. The lowest BCUT2D eigenvalue weighted by molar-refractivity contribution is -0.129. The van der Waals surface area contributed by atoms with Crippen LogP contribution in [0.2, 0.25) is 0 Å². The number of hydrogen-bond acceptors (Lipinski definition) is 6. The van der Waals surface area contributed by atoms with Crippen molar-refractivity contribution in [1.29, 1.82) is 0 Å². The molecule has 2 aliphatic heterocycles. The van der Waals surface area contributed by atoms with Gasteiger partial charge in [-0.2, -0.15) is 5.10 Å². The molecule has 0 spiro atoms. The van der Waals surface area contributed by atoms with Crippen molar-refractivity contribution >= 4 is 11.7 Å². The van der Waals surface area contributed by atoms with E-state index in [1.807, 2.05) is 6.92 Å². The molecule has 1 saturated heterocycles. The number of fused-ring (bicyclic) bond motifs is 1. The van der Waals surface area contributed by atoms with Gasteiger partial charge in [0, 0.05) is 63.1 Å². The Balaban J connectivity index is 1.39. The van der Waals surface area contributed by atoms with Crippen molar-refractivity contribution in [2.24, 2.45) is 0 Å². The van der Waals surface area contributed by atoms with Gasteiger partial charge in [-0.15, -0.1) is 0 Å². The number of carbonyl (C=O) groups is 1. The van der Waals surface area contributed by atoms with Gasteiger partial charge in [-0.25, -0.2) is 18.7 Å². The molecule has 2 aliphatic rings. The Labute approximate surface area is 196 Å². The maximum atomic E-state index is 14.0. The number of rotatable bonds is 4. The van der Waals surface area contributed by atoms with E-state index >= 15 is 0 Å². The summed E-state index contributed by atoms with van der Waals surface area (Å²) in [6.07, 6.45) is 3.55. The molecule has 3 aromatic rings. The van der Waals surface area contributed by atoms with Crippen molar-refractivity contribution in [2.75, 3.05) is 24.5 Å². The fourth-order valence-corrected chi connectivity index (χ4v) is 4.52. The number of ether oxygens (including phenoxy) is 1. The molecule has 0 unspecified atom stereocenters. The van der Waals surface area contributed by atoms with Crippen LogP contribution >= 0.6 is 0 Å². The molecule has 0 saturated carbocycles. The van der Waals surface area contributed by atoms with Crippen LogP contribution in [-0.2, 0) is 17.8 Å². The van der Waals surface area contributed by atoms with Gasteiger partial charge in [0.1, 0.15) is 17.6 Å². The molecule has 1 aromatic carbocycles. The number of piperidine rings is 1. The first-order valence-electron chi connectivity index (χ1n) is 11.4. The maximum Gasteiger partial charge on any atom is 0.219 e. The van der Waals surface area contributed by atoms with Crippen molar-refractivity contribution in [3.05, 3.63) is 53.1 Å². The van der Waals surface area contributed by atoms with Gasteiger partial charge in [-0.1, -0.05) is 0 Å². The van der Waals surface area contributed by atoms with Crippen LogP contribution in [0.3, 0.4) is 0 Å². The van der Waals surface area contributed by atoms with Gasteiger partial charge in [0.25, 0.3) is 0 Å². The highest BCUT2D eigenvalue weighted by Crippen LogP contribution is 2.34. The van der Waals surface area contributed by atoms with Gasteiger partial charge < -0.3 is 14.5 Å². The number of carbonyl (C=O) groups excluding carboxylic acids is 1. The summed E-state index contributed by atoms with van der Waals surface area (Å²) in [5.74, 6) is -0.444. The molecule has 34 heavy (non-hydrogen) atoms. The van der Waals surface area contributed by atoms with Crippen LogP contribution in [0.1, 0.15) is 36.8 Å². The molecule has 8 nitrogen and oxygen atoms in total. The average Bonchev–Trinajstić information content (AvgIpc) is 3.25. The number of amides is 1. The molecule has 5 rings (SSSR count). The van der Waals surface area contributed by atoms with Crippen molar-refractivity contribution in [1.82, 2.24) is 25.1 Å². The molecule has 10 heteroatoms. The highest BCUT2D eigenvalue weighted by Gasteiger charge is 2.29. The highest BCUT2D eigenvalue weighted by molar-refractivity contribution is 5.75. The Morgan fingerprint density at radius 3 is 2.62 bits per heavy atom. The Bertz CT molecular complexity index is 1220. The minimum atomic E-state index is -0.694. The first-order chi connectivity index (χ1) is 16.4. The SMILES string of the molecule is CC(=O)N1CCc2nc(N3CCC(Oc4ccc(F)cc4F)CC3)c(-c3cn[nH]c3C)nc2C1. The Hall–Kier alpha value is -3.56. The van der Waals surface area contributed by atoms with E-state index < -0.39 is 11.6 Å². The first-order valence-corrected chi connectivity index (χ1v) is 11.4. The van der Waals surface area contributed by atoms with Gasteiger partial charge in [-0.05, 0) is 19.1 Å². The van der Waals surface area contributed by atoms with E-state index in [2.05, 4.69) is 15.1 Å². The third kappa shape index (κ3) is 4.32. The van der Waals surface area contributed by atoms with Crippen LogP contribution in [0.25, 0.3) is 11.3 Å². The minimum Gasteiger partial charge on any atom is -0.487 e. The van der Waals surface area contributed by atoms with Crippen molar-refractivity contribution in [2.45, 2.75) is 45.8 Å². The van der Waals surface area contributed by atoms with E-state index in [-0.39, 0.29) is 17.8 Å². The van der Waals surface area contributed by atoms with Crippen LogP contribution < -0.4 is 9.64 Å². The van der Waals surface area contributed by atoms with Crippen LogP contribution in [0.5, 0.6) is 5.75 Å². The zero-order valence-corrected chi connectivity index (χ0v) is 19.1. The van der Waals surface area contributed by atoms with Gasteiger partial charge in [0.2, 0.25) is 5.91 Å². The van der Waals surface area contributed by atoms with Crippen molar-refractivity contribution < 1.29 is 18.3 Å². The summed E-state index contributed by atoms with van der Waals surface area (Å²) in [6.45, 7) is 5.89. The molecule has 4 heterocycles. The summed E-state index contributed by atoms with van der Waals surface area (Å²) in [7, 11) is 0. The summed E-state index contributed by atoms with van der Waals surface area (Å²) >= 11 is 0. The summed E-state index contributed by atoms with van der Waals surface area (Å²) in [5, 5.41) is 7.12. The number of halogens is 2. The number of hydrogen-bond donors (Lipinski definition) is 1. The number of H-pyrrole nitrogens is 1. The van der Waals surface area contributed by atoms with Crippen molar-refractivity contribution in [3.8, 4) is 17.0 Å². The second kappa shape index (κ2) is 9.00. The Kier molecular flexibility index (Phi) is 5.89. The van der Waals surface area contributed by atoms with Gasteiger partial charge in [0.15, 0.2) is 17.4 Å². The van der Waals surface area contributed by atoms with Gasteiger partial charge >= 0.3 is 0 Å². The third-order valence-corrected chi connectivity index (χ3v) is 6.45. The number of benzene rings is 1. The molecule has 0 radical (unpaired) electrons. The summed E-state index contributed by atoms with van der Waals surface area (Å²) in [6, 6.07) is 3.36. The van der Waals surface area contributed by atoms with E-state index in [1.165, 1.54) is 12.1 Å². The molecule has 2 aromatic heterocycles. The monoisotopic (exact) mass is 468 g/mol. The summed E-state index contributed by atoms with van der Waals surface area (Å²) in [4.78, 5) is 25.8. The number of aromatic nitrogens is 4.